The van der Waals surface area contributed by atoms with Gasteiger partial charge in [-0.25, -0.2) is 13.4 Å². The molecule has 1 amide bonds. The van der Waals surface area contributed by atoms with Crippen LogP contribution in [0.4, 0.5) is 0 Å². The third kappa shape index (κ3) is 6.27. The van der Waals surface area contributed by atoms with Crippen LogP contribution >= 0.6 is 11.8 Å². The summed E-state index contributed by atoms with van der Waals surface area (Å²) in [4.78, 5) is 30.7. The van der Waals surface area contributed by atoms with Crippen molar-refractivity contribution in [3.8, 4) is 5.75 Å². The highest BCUT2D eigenvalue weighted by atomic mass is 32.2. The number of carbonyl (C=O) groups excluding carboxylic acids is 1. The molecule has 8 nitrogen and oxygen atoms in total. The van der Waals surface area contributed by atoms with Crippen molar-refractivity contribution in [2.45, 2.75) is 47.7 Å². The van der Waals surface area contributed by atoms with Gasteiger partial charge in [-0.2, -0.15) is 0 Å². The van der Waals surface area contributed by atoms with Crippen molar-refractivity contribution < 1.29 is 17.9 Å². The van der Waals surface area contributed by atoms with E-state index < -0.39 is 20.3 Å². The van der Waals surface area contributed by atoms with Gasteiger partial charge >= 0.3 is 0 Å². The van der Waals surface area contributed by atoms with Crippen LogP contribution in [0.3, 0.4) is 0 Å². The zero-order valence-electron chi connectivity index (χ0n) is 19.4. The van der Waals surface area contributed by atoms with Crippen LogP contribution in [0.5, 0.6) is 5.75 Å². The average Bonchev–Trinajstić information content (AvgIpc) is 2.81. The highest BCUT2D eigenvalue weighted by Gasteiger charge is 2.23. The largest absolute Gasteiger partial charge is 0.497 e. The molecule has 10 heteroatoms. The monoisotopic (exact) mass is 501 g/mol. The highest BCUT2D eigenvalue weighted by Crippen LogP contribution is 2.25. The lowest BCUT2D eigenvalue weighted by molar-refractivity contribution is -0.118. The normalized spacial score (nSPS) is 11.8. The van der Waals surface area contributed by atoms with Crippen molar-refractivity contribution in [3.05, 3.63) is 76.2 Å². The molecule has 2 N–H and O–H groups in total. The van der Waals surface area contributed by atoms with Gasteiger partial charge in [0.25, 0.3) is 5.56 Å². The summed E-state index contributed by atoms with van der Waals surface area (Å²) in [6, 6.07) is 13.8. The van der Waals surface area contributed by atoms with Crippen LogP contribution in [0, 0.1) is 0 Å². The van der Waals surface area contributed by atoms with Gasteiger partial charge in [0.05, 0.1) is 24.0 Å². The number of H-pyrrole nitrogens is 1. The maximum atomic E-state index is 12.9. The lowest BCUT2D eigenvalue weighted by Crippen LogP contribution is -2.25. The van der Waals surface area contributed by atoms with Gasteiger partial charge < -0.3 is 15.0 Å². The van der Waals surface area contributed by atoms with E-state index in [0.717, 1.165) is 34.8 Å². The van der Waals surface area contributed by atoms with E-state index in [1.807, 2.05) is 32.9 Å². The zero-order chi connectivity index (χ0) is 24.9. The number of benzene rings is 2. The van der Waals surface area contributed by atoms with Crippen LogP contribution in [-0.2, 0) is 26.6 Å². The Bertz CT molecular complexity index is 1310. The van der Waals surface area contributed by atoms with Crippen LogP contribution < -0.4 is 15.6 Å². The standard InChI is InChI=1S/C24H27N3O5S2/c1-24(2,3)17-7-11-19(12-8-17)34(30,31)20-14-26-23(27-22(20)29)33-15-21(28)25-13-16-5-9-18(32-4)10-6-16/h5-12,14H,13,15H2,1-4H3,(H,25,28)(H,26,27,29). The Kier molecular flexibility index (Phi) is 7.83. The minimum Gasteiger partial charge on any atom is -0.497 e. The summed E-state index contributed by atoms with van der Waals surface area (Å²) in [7, 11) is -2.45. The average molecular weight is 502 g/mol. The maximum absolute atomic E-state index is 12.9. The lowest BCUT2D eigenvalue weighted by Gasteiger charge is -2.19. The van der Waals surface area contributed by atoms with Crippen molar-refractivity contribution in [2.75, 3.05) is 12.9 Å². The first-order valence-electron chi connectivity index (χ1n) is 10.5. The summed E-state index contributed by atoms with van der Waals surface area (Å²) in [6.45, 7) is 6.43. The van der Waals surface area contributed by atoms with Gasteiger partial charge in [0.1, 0.15) is 5.75 Å². The number of carbonyl (C=O) groups is 1. The minimum atomic E-state index is -4.03. The zero-order valence-corrected chi connectivity index (χ0v) is 21.0. The smallest absolute Gasteiger partial charge is 0.270 e. The Balaban J connectivity index is 1.62. The molecule has 0 bridgehead atoms. The molecule has 0 spiro atoms. The summed E-state index contributed by atoms with van der Waals surface area (Å²) >= 11 is 1.01. The first-order chi connectivity index (χ1) is 16.0. The van der Waals surface area contributed by atoms with Gasteiger partial charge in [-0.05, 0) is 40.8 Å². The van der Waals surface area contributed by atoms with Crippen molar-refractivity contribution >= 4 is 27.5 Å². The molecule has 2 aromatic carbocycles. The van der Waals surface area contributed by atoms with Gasteiger partial charge in [0.15, 0.2) is 10.1 Å². The molecule has 34 heavy (non-hydrogen) atoms. The number of nitrogens with zero attached hydrogens (tertiary/aromatic N) is 1. The van der Waals surface area contributed by atoms with Crippen molar-refractivity contribution in [2.24, 2.45) is 0 Å². The quantitative estimate of drug-likeness (QED) is 0.359. The summed E-state index contributed by atoms with van der Waals surface area (Å²) in [5.41, 5.74) is 0.989. The molecule has 0 aliphatic heterocycles. The SMILES string of the molecule is COc1ccc(CNC(=O)CSc2ncc(S(=O)(=O)c3ccc(C(C)(C)C)cc3)c(=O)[nH]2)cc1. The van der Waals surface area contributed by atoms with Gasteiger partial charge in [-0.3, -0.25) is 9.59 Å². The fourth-order valence-electron chi connectivity index (χ4n) is 3.02. The second-order valence-electron chi connectivity index (χ2n) is 8.57. The van der Waals surface area contributed by atoms with Crippen LogP contribution in [0.2, 0.25) is 0 Å². The Morgan fingerprint density at radius 3 is 2.29 bits per heavy atom. The number of sulfone groups is 1. The number of thioether (sulfide) groups is 1. The fourth-order valence-corrected chi connectivity index (χ4v) is 4.92. The molecule has 3 rings (SSSR count). The first-order valence-corrected chi connectivity index (χ1v) is 12.9. The summed E-state index contributed by atoms with van der Waals surface area (Å²) < 4.78 is 30.9. The van der Waals surface area contributed by atoms with Crippen LogP contribution in [0.25, 0.3) is 0 Å². The number of hydrogen-bond acceptors (Lipinski definition) is 7. The molecule has 0 unspecified atom stereocenters. The van der Waals surface area contributed by atoms with Crippen molar-refractivity contribution in [1.82, 2.24) is 15.3 Å². The number of rotatable bonds is 8. The van der Waals surface area contributed by atoms with E-state index in [4.69, 9.17) is 4.74 Å². The third-order valence-corrected chi connectivity index (χ3v) is 7.70. The van der Waals surface area contributed by atoms with E-state index in [-0.39, 0.29) is 27.1 Å². The number of methoxy groups -OCH3 is 1. The van der Waals surface area contributed by atoms with Crippen LogP contribution in [0.15, 0.2) is 74.5 Å². The van der Waals surface area contributed by atoms with Gasteiger partial charge in [0.2, 0.25) is 15.7 Å². The van der Waals surface area contributed by atoms with E-state index in [9.17, 15) is 18.0 Å². The molecule has 3 aromatic rings. The Hall–Kier alpha value is -3.11. The lowest BCUT2D eigenvalue weighted by atomic mass is 9.87. The molecule has 0 atom stereocenters. The molecule has 0 radical (unpaired) electrons. The van der Waals surface area contributed by atoms with E-state index in [1.54, 1.807) is 31.4 Å². The van der Waals surface area contributed by atoms with E-state index in [1.165, 1.54) is 12.1 Å². The molecule has 0 saturated carbocycles. The number of nitrogens with one attached hydrogen (secondary N) is 2. The highest BCUT2D eigenvalue weighted by molar-refractivity contribution is 7.99. The molecule has 0 saturated heterocycles. The molecule has 180 valence electrons. The summed E-state index contributed by atoms with van der Waals surface area (Å²) in [5.74, 6) is 0.492. The second kappa shape index (κ2) is 10.4. The Morgan fingerprint density at radius 2 is 1.74 bits per heavy atom. The molecule has 1 heterocycles. The van der Waals surface area contributed by atoms with Gasteiger partial charge in [-0.15, -0.1) is 0 Å². The van der Waals surface area contributed by atoms with E-state index >= 15 is 0 Å². The fraction of sp³-hybridized carbons (Fsp3) is 0.292. The second-order valence-corrected chi connectivity index (χ2v) is 11.5. The number of ether oxygens (including phenoxy) is 1. The van der Waals surface area contributed by atoms with Crippen LogP contribution in [0.1, 0.15) is 31.9 Å². The van der Waals surface area contributed by atoms with Crippen LogP contribution in [-0.4, -0.2) is 37.2 Å². The Morgan fingerprint density at radius 1 is 1.09 bits per heavy atom. The van der Waals surface area contributed by atoms with Crippen molar-refractivity contribution in [1.29, 1.82) is 0 Å². The van der Waals surface area contributed by atoms with E-state index in [2.05, 4.69) is 15.3 Å². The maximum Gasteiger partial charge on any atom is 0.270 e. The van der Waals surface area contributed by atoms with Gasteiger partial charge in [-0.1, -0.05) is 56.8 Å². The van der Waals surface area contributed by atoms with Gasteiger partial charge in [0, 0.05) is 6.54 Å². The molecular formula is C24H27N3O5S2. The Labute approximate surface area is 203 Å². The predicted octanol–water partition coefficient (Wildman–Crippen LogP) is 3.32. The minimum absolute atomic E-state index is 0.0133. The topological polar surface area (TPSA) is 118 Å². The number of amides is 1. The molecule has 1 aromatic heterocycles. The number of aromatic amines is 1. The third-order valence-electron chi connectivity index (χ3n) is 5.05. The van der Waals surface area contributed by atoms with E-state index in [0.29, 0.717) is 6.54 Å². The summed E-state index contributed by atoms with van der Waals surface area (Å²) in [5, 5.41) is 2.94. The summed E-state index contributed by atoms with van der Waals surface area (Å²) in [6.07, 6.45) is 1.03. The number of hydrogen-bond donors (Lipinski definition) is 2. The number of aromatic nitrogens is 2. The first kappa shape index (κ1) is 25.5. The molecular weight excluding hydrogens is 474 g/mol. The van der Waals surface area contributed by atoms with Crippen molar-refractivity contribution in [3.63, 3.8) is 0 Å². The predicted molar refractivity (Wildman–Crippen MR) is 131 cm³/mol. The molecule has 0 aliphatic carbocycles. The molecule has 0 aliphatic rings. The molecule has 0 fully saturated rings.